The monoisotopic (exact) mass is 274 g/mol. The molecular formula is C13H14N4OS. The van der Waals surface area contributed by atoms with Gasteiger partial charge in [-0.05, 0) is 19.1 Å². The van der Waals surface area contributed by atoms with Gasteiger partial charge in [-0.1, -0.05) is 23.5 Å². The van der Waals surface area contributed by atoms with Gasteiger partial charge in [-0.25, -0.2) is 9.50 Å². The van der Waals surface area contributed by atoms with Crippen molar-refractivity contribution in [2.24, 2.45) is 5.73 Å². The quantitative estimate of drug-likeness (QED) is 0.797. The molecule has 0 aliphatic rings. The van der Waals surface area contributed by atoms with Crippen LogP contribution in [-0.2, 0) is 0 Å². The summed E-state index contributed by atoms with van der Waals surface area (Å²) in [6.45, 7) is 1.92. The average Bonchev–Trinajstić information content (AvgIpc) is 2.96. The van der Waals surface area contributed by atoms with E-state index < -0.39 is 0 Å². The minimum Gasteiger partial charge on any atom is -0.496 e. The third kappa shape index (κ3) is 2.09. The van der Waals surface area contributed by atoms with Crippen molar-refractivity contribution in [1.29, 1.82) is 0 Å². The van der Waals surface area contributed by atoms with E-state index in [1.165, 1.54) is 11.3 Å². The minimum absolute atomic E-state index is 0.0681. The topological polar surface area (TPSA) is 65.4 Å². The van der Waals surface area contributed by atoms with E-state index in [1.54, 1.807) is 11.6 Å². The molecule has 2 heterocycles. The molecule has 6 heteroatoms. The standard InChI is InChI=1S/C13H14N4OS/c1-8(14)12-16-17-7-10(15-13(17)19-12)9-5-3-4-6-11(9)18-2/h3-8H,14H2,1-2H3. The maximum Gasteiger partial charge on any atom is 0.212 e. The van der Waals surface area contributed by atoms with Gasteiger partial charge in [0.15, 0.2) is 0 Å². The molecular weight excluding hydrogens is 260 g/mol. The number of nitrogens with two attached hydrogens (primary N) is 1. The Morgan fingerprint density at radius 1 is 1.37 bits per heavy atom. The van der Waals surface area contributed by atoms with Crippen LogP contribution in [-0.4, -0.2) is 21.7 Å². The first kappa shape index (κ1) is 12.1. The first-order valence-electron chi connectivity index (χ1n) is 5.94. The largest absolute Gasteiger partial charge is 0.496 e. The highest BCUT2D eigenvalue weighted by molar-refractivity contribution is 7.16. The molecule has 0 bridgehead atoms. The van der Waals surface area contributed by atoms with E-state index in [9.17, 15) is 0 Å². The number of rotatable bonds is 3. The normalized spacial score (nSPS) is 12.8. The van der Waals surface area contributed by atoms with Crippen molar-refractivity contribution in [3.63, 3.8) is 0 Å². The van der Waals surface area contributed by atoms with Gasteiger partial charge in [0.05, 0.1) is 25.0 Å². The van der Waals surface area contributed by atoms with E-state index >= 15 is 0 Å². The van der Waals surface area contributed by atoms with Crippen LogP contribution in [0.3, 0.4) is 0 Å². The zero-order valence-electron chi connectivity index (χ0n) is 10.7. The fourth-order valence-corrected chi connectivity index (χ4v) is 2.72. The van der Waals surface area contributed by atoms with E-state index in [-0.39, 0.29) is 6.04 Å². The van der Waals surface area contributed by atoms with Crippen LogP contribution in [0.1, 0.15) is 18.0 Å². The number of imidazole rings is 1. The van der Waals surface area contributed by atoms with Gasteiger partial charge in [-0.15, -0.1) is 0 Å². The summed E-state index contributed by atoms with van der Waals surface area (Å²) in [5.41, 5.74) is 7.64. The molecule has 19 heavy (non-hydrogen) atoms. The second kappa shape index (κ2) is 4.64. The lowest BCUT2D eigenvalue weighted by Gasteiger charge is -2.04. The zero-order valence-corrected chi connectivity index (χ0v) is 11.5. The van der Waals surface area contributed by atoms with Crippen LogP contribution in [0.4, 0.5) is 0 Å². The predicted octanol–water partition coefficient (Wildman–Crippen LogP) is 2.49. The average molecular weight is 274 g/mol. The molecule has 0 aliphatic heterocycles. The van der Waals surface area contributed by atoms with Crippen LogP contribution >= 0.6 is 11.3 Å². The van der Waals surface area contributed by atoms with Crippen LogP contribution in [0.15, 0.2) is 30.5 Å². The Balaban J connectivity index is 2.08. The van der Waals surface area contributed by atoms with Crippen molar-refractivity contribution in [3.05, 3.63) is 35.5 Å². The van der Waals surface area contributed by atoms with E-state index in [0.29, 0.717) is 0 Å². The molecule has 1 aromatic carbocycles. The highest BCUT2D eigenvalue weighted by atomic mass is 32.1. The van der Waals surface area contributed by atoms with Crippen molar-refractivity contribution < 1.29 is 4.74 Å². The Hall–Kier alpha value is -1.92. The fourth-order valence-electron chi connectivity index (χ4n) is 1.89. The lowest BCUT2D eigenvalue weighted by atomic mass is 10.1. The van der Waals surface area contributed by atoms with E-state index in [4.69, 9.17) is 10.5 Å². The van der Waals surface area contributed by atoms with Gasteiger partial charge < -0.3 is 10.5 Å². The van der Waals surface area contributed by atoms with E-state index in [1.807, 2.05) is 37.4 Å². The number of benzene rings is 1. The van der Waals surface area contributed by atoms with Crippen molar-refractivity contribution in [2.45, 2.75) is 13.0 Å². The summed E-state index contributed by atoms with van der Waals surface area (Å²) in [6.07, 6.45) is 1.90. The summed E-state index contributed by atoms with van der Waals surface area (Å²) in [5, 5.41) is 5.30. The highest BCUT2D eigenvalue weighted by Crippen LogP contribution is 2.30. The number of fused-ring (bicyclic) bond motifs is 1. The lowest BCUT2D eigenvalue weighted by Crippen LogP contribution is -2.04. The molecule has 0 amide bonds. The van der Waals surface area contributed by atoms with Gasteiger partial charge in [-0.2, -0.15) is 5.10 Å². The molecule has 0 saturated carbocycles. The van der Waals surface area contributed by atoms with Gasteiger partial charge in [0, 0.05) is 5.56 Å². The summed E-state index contributed by atoms with van der Waals surface area (Å²) in [7, 11) is 1.66. The number of aromatic nitrogens is 3. The molecule has 0 saturated heterocycles. The fraction of sp³-hybridized carbons (Fsp3) is 0.231. The molecule has 98 valence electrons. The maximum absolute atomic E-state index is 5.82. The van der Waals surface area contributed by atoms with E-state index in [2.05, 4.69) is 10.1 Å². The maximum atomic E-state index is 5.82. The second-order valence-corrected chi connectivity index (χ2v) is 5.27. The predicted molar refractivity (Wildman–Crippen MR) is 75.5 cm³/mol. The van der Waals surface area contributed by atoms with Gasteiger partial charge in [-0.3, -0.25) is 0 Å². The number of hydrogen-bond acceptors (Lipinski definition) is 5. The molecule has 0 fully saturated rings. The Bertz CT molecular complexity index is 685. The molecule has 0 radical (unpaired) electrons. The number of methoxy groups -OCH3 is 1. The molecule has 5 nitrogen and oxygen atoms in total. The van der Waals surface area contributed by atoms with E-state index in [0.717, 1.165) is 27.0 Å². The Morgan fingerprint density at radius 2 is 2.16 bits per heavy atom. The molecule has 3 aromatic rings. The van der Waals surface area contributed by atoms with Crippen molar-refractivity contribution in [2.75, 3.05) is 7.11 Å². The van der Waals surface area contributed by atoms with Gasteiger partial charge in [0.1, 0.15) is 10.8 Å². The van der Waals surface area contributed by atoms with Crippen LogP contribution in [0.2, 0.25) is 0 Å². The molecule has 0 aliphatic carbocycles. The van der Waals surface area contributed by atoms with Crippen LogP contribution in [0.5, 0.6) is 5.75 Å². The van der Waals surface area contributed by atoms with Crippen molar-refractivity contribution >= 4 is 16.3 Å². The summed E-state index contributed by atoms with van der Waals surface area (Å²) in [5.74, 6) is 0.806. The third-order valence-electron chi connectivity index (χ3n) is 2.83. The number of ether oxygens (including phenoxy) is 1. The zero-order chi connectivity index (χ0) is 13.4. The van der Waals surface area contributed by atoms with Gasteiger partial charge in [0.25, 0.3) is 0 Å². The first-order valence-corrected chi connectivity index (χ1v) is 6.76. The highest BCUT2D eigenvalue weighted by Gasteiger charge is 2.13. The molecule has 0 spiro atoms. The van der Waals surface area contributed by atoms with Crippen LogP contribution < -0.4 is 10.5 Å². The lowest BCUT2D eigenvalue weighted by molar-refractivity contribution is 0.416. The molecule has 2 N–H and O–H groups in total. The van der Waals surface area contributed by atoms with Crippen molar-refractivity contribution in [1.82, 2.24) is 14.6 Å². The molecule has 2 aromatic heterocycles. The number of nitrogens with zero attached hydrogens (tertiary/aromatic N) is 3. The summed E-state index contributed by atoms with van der Waals surface area (Å²) < 4.78 is 7.12. The summed E-state index contributed by atoms with van der Waals surface area (Å²) >= 11 is 1.51. The van der Waals surface area contributed by atoms with Crippen LogP contribution in [0.25, 0.3) is 16.2 Å². The summed E-state index contributed by atoms with van der Waals surface area (Å²) in [6, 6.07) is 7.74. The van der Waals surface area contributed by atoms with Crippen LogP contribution in [0, 0.1) is 0 Å². The molecule has 1 atom stereocenters. The van der Waals surface area contributed by atoms with Gasteiger partial charge in [0.2, 0.25) is 4.96 Å². The number of hydrogen-bond donors (Lipinski definition) is 1. The first-order chi connectivity index (χ1) is 9.19. The van der Waals surface area contributed by atoms with Gasteiger partial charge >= 0.3 is 0 Å². The third-order valence-corrected chi connectivity index (χ3v) is 3.95. The Morgan fingerprint density at radius 3 is 2.84 bits per heavy atom. The molecule has 1 unspecified atom stereocenters. The second-order valence-electron chi connectivity index (χ2n) is 4.28. The smallest absolute Gasteiger partial charge is 0.212 e. The Labute approximate surface area is 114 Å². The molecule has 3 rings (SSSR count). The minimum atomic E-state index is -0.0681. The number of para-hydroxylation sites is 1. The SMILES string of the molecule is COc1ccccc1-c1cn2nc(C(C)N)sc2n1. The Kier molecular flexibility index (Phi) is 2.96. The van der Waals surface area contributed by atoms with Crippen molar-refractivity contribution in [3.8, 4) is 17.0 Å². The summed E-state index contributed by atoms with van der Waals surface area (Å²) in [4.78, 5) is 5.42.